The van der Waals surface area contributed by atoms with Gasteiger partial charge in [0.05, 0.1) is 6.61 Å². The Hall–Kier alpha value is -3.56. The van der Waals surface area contributed by atoms with E-state index in [1.54, 1.807) is 0 Å². The van der Waals surface area contributed by atoms with E-state index < -0.39 is 48.2 Å². The van der Waals surface area contributed by atoms with Crippen LogP contribution in [-0.4, -0.2) is 59.5 Å². The van der Waals surface area contributed by atoms with E-state index >= 15 is 0 Å². The zero-order valence-corrected chi connectivity index (χ0v) is 20.6. The van der Waals surface area contributed by atoms with Crippen LogP contribution in [0.25, 0.3) is 0 Å². The maximum Gasteiger partial charge on any atom is 0.303 e. The molecule has 0 radical (unpaired) electrons. The van der Waals surface area contributed by atoms with Crippen LogP contribution in [0, 0.1) is 0 Å². The van der Waals surface area contributed by atoms with Crippen molar-refractivity contribution in [3.63, 3.8) is 0 Å². The van der Waals surface area contributed by atoms with E-state index in [0.717, 1.165) is 30.5 Å². The zero-order chi connectivity index (χ0) is 26.4. The molecule has 1 aliphatic rings. The molecule has 194 valence electrons. The minimum atomic E-state index is -1.65. The molecule has 1 heterocycles. The van der Waals surface area contributed by atoms with Gasteiger partial charge in [-0.15, -0.1) is 0 Å². The van der Waals surface area contributed by atoms with E-state index in [0.29, 0.717) is 0 Å². The topological polar surface area (TPSA) is 112 Å². The molecule has 0 amide bonds. The van der Waals surface area contributed by atoms with Gasteiger partial charge in [0.25, 0.3) is 0 Å². The second kappa shape index (κ2) is 11.7. The molecule has 5 atom stereocenters. The normalized spacial score (nSPS) is 23.7. The first-order valence-electron chi connectivity index (χ1n) is 12.0. The summed E-state index contributed by atoms with van der Waals surface area (Å²) in [6.07, 6.45) is -6.95. The summed E-state index contributed by atoms with van der Waals surface area (Å²) in [6, 6.07) is 28.9. The highest BCUT2D eigenvalue weighted by Gasteiger charge is 2.50. The van der Waals surface area contributed by atoms with E-state index in [9.17, 15) is 19.8 Å². The Balaban J connectivity index is 1.73. The van der Waals surface area contributed by atoms with Gasteiger partial charge in [-0.3, -0.25) is 9.59 Å². The molecule has 3 aromatic rings. The Morgan fingerprint density at radius 1 is 0.730 bits per heavy atom. The molecule has 0 saturated carbocycles. The van der Waals surface area contributed by atoms with Crippen LogP contribution in [0.15, 0.2) is 91.0 Å². The maximum absolute atomic E-state index is 11.7. The number of esters is 2. The highest BCUT2D eigenvalue weighted by atomic mass is 16.7. The van der Waals surface area contributed by atoms with Crippen molar-refractivity contribution < 1.29 is 38.7 Å². The van der Waals surface area contributed by atoms with Crippen molar-refractivity contribution in [1.82, 2.24) is 0 Å². The fourth-order valence-electron chi connectivity index (χ4n) is 4.66. The number of aliphatic hydroxyl groups is 2. The van der Waals surface area contributed by atoms with E-state index in [1.165, 1.54) is 0 Å². The summed E-state index contributed by atoms with van der Waals surface area (Å²) >= 11 is 0. The number of hydrogen-bond donors (Lipinski definition) is 2. The van der Waals surface area contributed by atoms with E-state index in [2.05, 4.69) is 0 Å². The molecule has 0 spiro atoms. The first kappa shape index (κ1) is 26.5. The molecule has 0 unspecified atom stereocenters. The van der Waals surface area contributed by atoms with Crippen molar-refractivity contribution in [3.05, 3.63) is 108 Å². The molecule has 3 aromatic carbocycles. The highest BCUT2D eigenvalue weighted by Crippen LogP contribution is 2.41. The average Bonchev–Trinajstić information content (AvgIpc) is 2.90. The number of hydrogen-bond acceptors (Lipinski definition) is 8. The van der Waals surface area contributed by atoms with E-state index in [4.69, 9.17) is 18.9 Å². The Morgan fingerprint density at radius 3 is 1.54 bits per heavy atom. The average molecular weight is 507 g/mol. The second-order valence-electron chi connectivity index (χ2n) is 8.79. The first-order chi connectivity index (χ1) is 17.8. The van der Waals surface area contributed by atoms with Crippen LogP contribution >= 0.6 is 0 Å². The van der Waals surface area contributed by atoms with Crippen LogP contribution in [0.5, 0.6) is 0 Å². The molecule has 0 bridgehead atoms. The van der Waals surface area contributed by atoms with Gasteiger partial charge in [-0.05, 0) is 16.7 Å². The van der Waals surface area contributed by atoms with Crippen LogP contribution < -0.4 is 0 Å². The van der Waals surface area contributed by atoms with Crippen molar-refractivity contribution in [2.45, 2.75) is 50.2 Å². The predicted octanol–water partition coefficient (Wildman–Crippen LogP) is 2.94. The second-order valence-corrected chi connectivity index (χ2v) is 8.79. The lowest BCUT2D eigenvalue weighted by Crippen LogP contribution is -2.61. The number of carbonyl (C=O) groups excluding carboxylic acids is 2. The van der Waals surface area contributed by atoms with Gasteiger partial charge in [0.15, 0.2) is 18.5 Å². The molecular formula is C29H30O8. The SMILES string of the molecule is CC(=O)O[C@@H]1[C@@H](O)[C@H](COC(c2ccccc2)(c2ccccc2)c2ccccc2)O[C@@H](O)[C@H]1OC(C)=O. The lowest BCUT2D eigenvalue weighted by Gasteiger charge is -2.43. The molecule has 4 rings (SSSR count). The molecule has 0 aromatic heterocycles. The van der Waals surface area contributed by atoms with Crippen molar-refractivity contribution in [1.29, 1.82) is 0 Å². The van der Waals surface area contributed by atoms with Gasteiger partial charge in [-0.1, -0.05) is 91.0 Å². The minimum Gasteiger partial charge on any atom is -0.455 e. The molecular weight excluding hydrogens is 476 g/mol. The standard InChI is InChI=1S/C29H30O8/c1-19(30)35-26-25(32)24(37-28(33)27(26)36-20(2)31)18-34-29(21-12-6-3-7-13-21,22-14-8-4-9-15-22)23-16-10-5-11-17-23/h3-17,24-28,32-33H,18H2,1-2H3/t24-,25-,26+,27-,28+/m0/s1. The Bertz CT molecular complexity index is 1070. The molecule has 0 aliphatic carbocycles. The molecule has 1 aliphatic heterocycles. The largest absolute Gasteiger partial charge is 0.455 e. The third-order valence-corrected chi connectivity index (χ3v) is 6.25. The Labute approximate surface area is 215 Å². The minimum absolute atomic E-state index is 0.193. The summed E-state index contributed by atoms with van der Waals surface area (Å²) in [5.41, 5.74) is 1.43. The van der Waals surface area contributed by atoms with Crippen molar-refractivity contribution >= 4 is 11.9 Å². The monoisotopic (exact) mass is 506 g/mol. The molecule has 1 fully saturated rings. The zero-order valence-electron chi connectivity index (χ0n) is 20.6. The Kier molecular flexibility index (Phi) is 8.35. The van der Waals surface area contributed by atoms with E-state index in [1.807, 2.05) is 91.0 Å². The Morgan fingerprint density at radius 2 is 1.14 bits per heavy atom. The van der Waals surface area contributed by atoms with Crippen molar-refractivity contribution in [2.24, 2.45) is 0 Å². The number of aliphatic hydroxyl groups excluding tert-OH is 2. The van der Waals surface area contributed by atoms with Crippen molar-refractivity contribution in [2.75, 3.05) is 6.61 Å². The van der Waals surface area contributed by atoms with Crippen LogP contribution in [0.1, 0.15) is 30.5 Å². The summed E-state index contributed by atoms with van der Waals surface area (Å²) in [5, 5.41) is 21.7. The van der Waals surface area contributed by atoms with E-state index in [-0.39, 0.29) is 6.61 Å². The van der Waals surface area contributed by atoms with Gasteiger partial charge >= 0.3 is 11.9 Å². The van der Waals surface area contributed by atoms with Crippen LogP contribution in [0.3, 0.4) is 0 Å². The summed E-state index contributed by atoms with van der Waals surface area (Å²) in [6.45, 7) is 2.12. The molecule has 1 saturated heterocycles. The quantitative estimate of drug-likeness (QED) is 0.354. The van der Waals surface area contributed by atoms with Gasteiger partial charge < -0.3 is 29.2 Å². The maximum atomic E-state index is 11.7. The van der Waals surface area contributed by atoms with Crippen LogP contribution in [-0.2, 0) is 34.1 Å². The molecule has 2 N–H and O–H groups in total. The van der Waals surface area contributed by atoms with Gasteiger partial charge in [0.2, 0.25) is 0 Å². The van der Waals surface area contributed by atoms with Gasteiger partial charge in [-0.2, -0.15) is 0 Å². The fourth-order valence-corrected chi connectivity index (χ4v) is 4.66. The predicted molar refractivity (Wildman–Crippen MR) is 133 cm³/mol. The van der Waals surface area contributed by atoms with Crippen LogP contribution in [0.4, 0.5) is 0 Å². The molecule has 8 heteroatoms. The van der Waals surface area contributed by atoms with Gasteiger partial charge in [0, 0.05) is 13.8 Å². The summed E-state index contributed by atoms with van der Waals surface area (Å²) in [5.74, 6) is -1.43. The number of benzene rings is 3. The van der Waals surface area contributed by atoms with Crippen molar-refractivity contribution in [3.8, 4) is 0 Å². The third kappa shape index (κ3) is 5.73. The molecule has 8 nitrogen and oxygen atoms in total. The molecule has 37 heavy (non-hydrogen) atoms. The number of rotatable bonds is 8. The van der Waals surface area contributed by atoms with Crippen LogP contribution in [0.2, 0.25) is 0 Å². The lowest BCUT2D eigenvalue weighted by molar-refractivity contribution is -0.297. The summed E-state index contributed by atoms with van der Waals surface area (Å²) < 4.78 is 22.6. The summed E-state index contributed by atoms with van der Waals surface area (Å²) in [4.78, 5) is 23.3. The number of ether oxygens (including phenoxy) is 4. The van der Waals surface area contributed by atoms with Gasteiger partial charge in [0.1, 0.15) is 17.8 Å². The lowest BCUT2D eigenvalue weighted by atomic mass is 9.80. The number of carbonyl (C=O) groups is 2. The smallest absolute Gasteiger partial charge is 0.303 e. The third-order valence-electron chi connectivity index (χ3n) is 6.25. The summed E-state index contributed by atoms with van der Waals surface area (Å²) in [7, 11) is 0. The fraction of sp³-hybridized carbons (Fsp3) is 0.310. The first-order valence-corrected chi connectivity index (χ1v) is 12.0. The highest BCUT2D eigenvalue weighted by molar-refractivity contribution is 5.67. The van der Waals surface area contributed by atoms with Gasteiger partial charge in [-0.25, -0.2) is 0 Å².